The fourth-order valence-electron chi connectivity index (χ4n) is 1.51. The van der Waals surface area contributed by atoms with Crippen molar-refractivity contribution in [3.05, 3.63) is 41.0 Å². The molecule has 0 aliphatic carbocycles. The summed E-state index contributed by atoms with van der Waals surface area (Å²) < 4.78 is 4.90. The summed E-state index contributed by atoms with van der Waals surface area (Å²) in [5.41, 5.74) is 0.250. The van der Waals surface area contributed by atoms with E-state index in [0.29, 0.717) is 5.69 Å². The van der Waals surface area contributed by atoms with E-state index in [1.54, 1.807) is 0 Å². The predicted octanol–water partition coefficient (Wildman–Crippen LogP) is 2.04. The van der Waals surface area contributed by atoms with Crippen LogP contribution in [-0.2, 0) is 4.79 Å². The molecule has 0 aliphatic rings. The lowest BCUT2D eigenvalue weighted by Crippen LogP contribution is -2.28. The second-order valence-electron chi connectivity index (χ2n) is 3.70. The van der Waals surface area contributed by atoms with E-state index in [0.717, 1.165) is 0 Å². The van der Waals surface area contributed by atoms with Crippen LogP contribution in [0.5, 0.6) is 5.75 Å². The molecule has 0 amide bonds. The summed E-state index contributed by atoms with van der Waals surface area (Å²) in [6.45, 7) is 3.48. The van der Waals surface area contributed by atoms with Gasteiger partial charge in [0.1, 0.15) is 6.04 Å². The Balaban J connectivity index is 2.98. The summed E-state index contributed by atoms with van der Waals surface area (Å²) in [4.78, 5) is 21.1. The van der Waals surface area contributed by atoms with Crippen molar-refractivity contribution in [2.75, 3.05) is 12.4 Å². The number of aliphatic carboxylic acids is 1. The minimum absolute atomic E-state index is 0.0674. The van der Waals surface area contributed by atoms with Crippen LogP contribution in [0.4, 0.5) is 11.4 Å². The molecule has 1 atom stereocenters. The number of nitrogens with one attached hydrogen (secondary N) is 1. The Morgan fingerprint density at radius 3 is 2.84 bits per heavy atom. The van der Waals surface area contributed by atoms with E-state index in [1.165, 1.54) is 31.4 Å². The number of ether oxygens (including phenoxy) is 1. The SMILES string of the molecule is C=CCC(Nc1ccc([N+](=O)[O-])c(OC)c1)C(=O)O. The first kappa shape index (κ1) is 14.5. The van der Waals surface area contributed by atoms with E-state index >= 15 is 0 Å². The maximum absolute atomic E-state index is 11.0. The van der Waals surface area contributed by atoms with Gasteiger partial charge < -0.3 is 15.2 Å². The summed E-state index contributed by atoms with van der Waals surface area (Å²) in [5, 5.41) is 22.5. The zero-order chi connectivity index (χ0) is 14.4. The molecular weight excluding hydrogens is 252 g/mol. The number of nitrogens with zero attached hydrogens (tertiary/aromatic N) is 1. The molecular formula is C12H14N2O5. The van der Waals surface area contributed by atoms with Crippen LogP contribution in [0.3, 0.4) is 0 Å². The van der Waals surface area contributed by atoms with Crippen LogP contribution < -0.4 is 10.1 Å². The predicted molar refractivity (Wildman–Crippen MR) is 69.5 cm³/mol. The molecule has 7 nitrogen and oxygen atoms in total. The Bertz CT molecular complexity index is 501. The topological polar surface area (TPSA) is 102 Å². The van der Waals surface area contributed by atoms with Crippen LogP contribution in [0, 0.1) is 10.1 Å². The van der Waals surface area contributed by atoms with Gasteiger partial charge in [0, 0.05) is 17.8 Å². The molecule has 7 heteroatoms. The minimum Gasteiger partial charge on any atom is -0.490 e. The third-order valence-electron chi connectivity index (χ3n) is 2.42. The van der Waals surface area contributed by atoms with Crippen LogP contribution >= 0.6 is 0 Å². The van der Waals surface area contributed by atoms with Crippen LogP contribution in [0.1, 0.15) is 6.42 Å². The first-order valence-corrected chi connectivity index (χ1v) is 5.42. The van der Waals surface area contributed by atoms with Gasteiger partial charge in [-0.1, -0.05) is 6.08 Å². The number of hydrogen-bond donors (Lipinski definition) is 2. The monoisotopic (exact) mass is 266 g/mol. The van der Waals surface area contributed by atoms with Gasteiger partial charge in [-0.25, -0.2) is 4.79 Å². The Kier molecular flexibility index (Phi) is 4.87. The molecule has 1 unspecified atom stereocenters. The molecule has 0 aromatic heterocycles. The van der Waals surface area contributed by atoms with E-state index in [1.807, 2.05) is 0 Å². The van der Waals surface area contributed by atoms with Crippen molar-refractivity contribution >= 4 is 17.3 Å². The Hall–Kier alpha value is -2.57. The molecule has 19 heavy (non-hydrogen) atoms. The van der Waals surface area contributed by atoms with Crippen LogP contribution in [0.25, 0.3) is 0 Å². The highest BCUT2D eigenvalue weighted by molar-refractivity contribution is 5.78. The number of nitro groups is 1. The molecule has 2 N–H and O–H groups in total. The normalized spacial score (nSPS) is 11.4. The van der Waals surface area contributed by atoms with Gasteiger partial charge >= 0.3 is 11.7 Å². The maximum atomic E-state index is 11.0. The lowest BCUT2D eigenvalue weighted by atomic mass is 10.2. The third-order valence-corrected chi connectivity index (χ3v) is 2.42. The minimum atomic E-state index is -1.03. The van der Waals surface area contributed by atoms with Gasteiger partial charge in [-0.05, 0) is 12.5 Å². The van der Waals surface area contributed by atoms with E-state index in [2.05, 4.69) is 11.9 Å². The fourth-order valence-corrected chi connectivity index (χ4v) is 1.51. The van der Waals surface area contributed by atoms with Gasteiger partial charge in [-0.2, -0.15) is 0 Å². The van der Waals surface area contributed by atoms with Crippen molar-refractivity contribution in [1.29, 1.82) is 0 Å². The van der Waals surface area contributed by atoms with E-state index in [9.17, 15) is 14.9 Å². The van der Waals surface area contributed by atoms with E-state index in [4.69, 9.17) is 9.84 Å². The Morgan fingerprint density at radius 1 is 1.68 bits per heavy atom. The van der Waals surface area contributed by atoms with Crippen molar-refractivity contribution in [2.24, 2.45) is 0 Å². The molecule has 0 heterocycles. The number of carbonyl (C=O) groups is 1. The zero-order valence-electron chi connectivity index (χ0n) is 10.3. The number of carboxylic acid groups (broad SMARTS) is 1. The first-order chi connectivity index (χ1) is 8.99. The molecule has 1 aromatic rings. The first-order valence-electron chi connectivity index (χ1n) is 5.42. The standard InChI is InChI=1S/C12H14N2O5/c1-3-4-9(12(15)16)13-8-5-6-10(14(17)18)11(7-8)19-2/h3,5-7,9,13H,1,4H2,2H3,(H,15,16). The number of nitro benzene ring substituents is 1. The van der Waals surface area contributed by atoms with Gasteiger partial charge in [0.2, 0.25) is 0 Å². The molecule has 0 aliphatic heterocycles. The van der Waals surface area contributed by atoms with Gasteiger partial charge in [0.05, 0.1) is 12.0 Å². The van der Waals surface area contributed by atoms with Crippen molar-refractivity contribution < 1.29 is 19.6 Å². The second-order valence-corrected chi connectivity index (χ2v) is 3.70. The summed E-state index contributed by atoms with van der Waals surface area (Å²) in [6.07, 6.45) is 1.71. The molecule has 0 fully saturated rings. The van der Waals surface area contributed by atoms with Gasteiger partial charge in [0.25, 0.3) is 0 Å². The largest absolute Gasteiger partial charge is 0.490 e. The number of carboxylic acids is 1. The summed E-state index contributed by atoms with van der Waals surface area (Å²) >= 11 is 0. The maximum Gasteiger partial charge on any atom is 0.326 e. The van der Waals surface area contributed by atoms with Crippen molar-refractivity contribution in [3.63, 3.8) is 0 Å². The van der Waals surface area contributed by atoms with Crippen molar-refractivity contribution in [1.82, 2.24) is 0 Å². The van der Waals surface area contributed by atoms with Gasteiger partial charge in [-0.3, -0.25) is 10.1 Å². The third kappa shape index (κ3) is 3.70. The molecule has 0 saturated heterocycles. The molecule has 0 spiro atoms. The van der Waals surface area contributed by atoms with Crippen LogP contribution in [0.2, 0.25) is 0 Å². The van der Waals surface area contributed by atoms with Crippen LogP contribution in [-0.4, -0.2) is 29.2 Å². The lowest BCUT2D eigenvalue weighted by molar-refractivity contribution is -0.385. The van der Waals surface area contributed by atoms with Crippen LogP contribution in [0.15, 0.2) is 30.9 Å². The van der Waals surface area contributed by atoms with Crippen molar-refractivity contribution in [2.45, 2.75) is 12.5 Å². The number of anilines is 1. The highest BCUT2D eigenvalue weighted by Gasteiger charge is 2.18. The summed E-state index contributed by atoms with van der Waals surface area (Å²) in [7, 11) is 1.31. The van der Waals surface area contributed by atoms with Crippen molar-refractivity contribution in [3.8, 4) is 5.75 Å². The van der Waals surface area contributed by atoms with E-state index in [-0.39, 0.29) is 17.9 Å². The molecule has 0 saturated carbocycles. The number of rotatable bonds is 7. The summed E-state index contributed by atoms with van der Waals surface area (Å²) in [5.74, 6) is -0.963. The average molecular weight is 266 g/mol. The molecule has 1 aromatic carbocycles. The van der Waals surface area contributed by atoms with E-state index < -0.39 is 16.9 Å². The number of benzene rings is 1. The smallest absolute Gasteiger partial charge is 0.326 e. The fraction of sp³-hybridized carbons (Fsp3) is 0.250. The number of hydrogen-bond acceptors (Lipinski definition) is 5. The average Bonchev–Trinajstić information content (AvgIpc) is 2.37. The second kappa shape index (κ2) is 6.39. The lowest BCUT2D eigenvalue weighted by Gasteiger charge is -2.14. The molecule has 0 bridgehead atoms. The molecule has 1 rings (SSSR count). The molecule has 102 valence electrons. The van der Waals surface area contributed by atoms with Gasteiger partial charge in [0.15, 0.2) is 5.75 Å². The Morgan fingerprint density at radius 2 is 2.37 bits per heavy atom. The summed E-state index contributed by atoms with van der Waals surface area (Å²) in [6, 6.07) is 3.23. The molecule has 0 radical (unpaired) electrons. The Labute approximate surface area is 109 Å². The highest BCUT2D eigenvalue weighted by Crippen LogP contribution is 2.30. The zero-order valence-corrected chi connectivity index (χ0v) is 10.3. The van der Waals surface area contributed by atoms with Gasteiger partial charge in [-0.15, -0.1) is 6.58 Å². The number of methoxy groups -OCH3 is 1. The quantitative estimate of drug-likeness (QED) is 0.445. The highest BCUT2D eigenvalue weighted by atomic mass is 16.6.